The summed E-state index contributed by atoms with van der Waals surface area (Å²) in [5, 5.41) is 8.21. The quantitative estimate of drug-likeness (QED) is 0.722. The van der Waals surface area contributed by atoms with E-state index in [9.17, 15) is 18.0 Å². The predicted molar refractivity (Wildman–Crippen MR) is 33.7 cm³/mol. The molecule has 72 valence electrons. The lowest BCUT2D eigenvalue weighted by Gasteiger charge is -2.09. The molecule has 0 aromatic carbocycles. The summed E-state index contributed by atoms with van der Waals surface area (Å²) in [4.78, 5) is 10.0. The fraction of sp³-hybridized carbons (Fsp3) is 0.833. The lowest BCUT2D eigenvalue weighted by atomic mass is 10.4. The SMILES string of the molecule is C[C@H](OCCC(F)(F)F)C(=O)O. The van der Waals surface area contributed by atoms with Crippen molar-refractivity contribution < 1.29 is 27.8 Å². The summed E-state index contributed by atoms with van der Waals surface area (Å²) in [6.07, 6.45) is -6.60. The molecule has 0 rings (SSSR count). The van der Waals surface area contributed by atoms with Crippen LogP contribution in [0.5, 0.6) is 0 Å². The first-order chi connectivity index (χ1) is 5.33. The van der Waals surface area contributed by atoms with Gasteiger partial charge in [0.25, 0.3) is 0 Å². The fourth-order valence-corrected chi connectivity index (χ4v) is 0.423. The molecule has 0 saturated heterocycles. The highest BCUT2D eigenvalue weighted by atomic mass is 19.4. The van der Waals surface area contributed by atoms with Crippen LogP contribution in [0.2, 0.25) is 0 Å². The van der Waals surface area contributed by atoms with Crippen molar-refractivity contribution in [3.63, 3.8) is 0 Å². The van der Waals surface area contributed by atoms with Crippen LogP contribution in [0.3, 0.4) is 0 Å². The third-order valence-corrected chi connectivity index (χ3v) is 1.10. The van der Waals surface area contributed by atoms with Crippen molar-refractivity contribution in [2.75, 3.05) is 6.61 Å². The van der Waals surface area contributed by atoms with E-state index >= 15 is 0 Å². The molecule has 0 saturated carbocycles. The van der Waals surface area contributed by atoms with E-state index in [0.29, 0.717) is 0 Å². The Morgan fingerprint density at radius 2 is 2.08 bits per heavy atom. The van der Waals surface area contributed by atoms with Gasteiger partial charge in [-0.05, 0) is 6.92 Å². The highest BCUT2D eigenvalue weighted by Gasteiger charge is 2.27. The molecule has 0 aliphatic heterocycles. The Labute approximate surface area is 67.1 Å². The maximum atomic E-state index is 11.5. The van der Waals surface area contributed by atoms with E-state index in [2.05, 4.69) is 4.74 Å². The van der Waals surface area contributed by atoms with Crippen LogP contribution in [-0.4, -0.2) is 30.0 Å². The van der Waals surface area contributed by atoms with Crippen LogP contribution < -0.4 is 0 Å². The molecule has 0 aliphatic rings. The number of hydrogen-bond donors (Lipinski definition) is 1. The van der Waals surface area contributed by atoms with E-state index in [-0.39, 0.29) is 0 Å². The van der Waals surface area contributed by atoms with Gasteiger partial charge >= 0.3 is 12.1 Å². The molecule has 0 bridgehead atoms. The van der Waals surface area contributed by atoms with Crippen molar-refractivity contribution in [1.29, 1.82) is 0 Å². The molecule has 1 atom stereocenters. The molecule has 1 N–H and O–H groups in total. The summed E-state index contributed by atoms with van der Waals surface area (Å²) in [6, 6.07) is 0. The van der Waals surface area contributed by atoms with E-state index in [1.807, 2.05) is 0 Å². The van der Waals surface area contributed by atoms with Crippen molar-refractivity contribution in [2.45, 2.75) is 25.6 Å². The number of hydrogen-bond acceptors (Lipinski definition) is 2. The smallest absolute Gasteiger partial charge is 0.391 e. The molecule has 12 heavy (non-hydrogen) atoms. The zero-order chi connectivity index (χ0) is 9.78. The van der Waals surface area contributed by atoms with Crippen molar-refractivity contribution in [3.05, 3.63) is 0 Å². The highest BCUT2D eigenvalue weighted by molar-refractivity contribution is 5.71. The van der Waals surface area contributed by atoms with Gasteiger partial charge in [0, 0.05) is 0 Å². The molecular weight excluding hydrogens is 177 g/mol. The first-order valence-corrected chi connectivity index (χ1v) is 3.24. The fourth-order valence-electron chi connectivity index (χ4n) is 0.423. The predicted octanol–water partition coefficient (Wildman–Crippen LogP) is 1.43. The maximum Gasteiger partial charge on any atom is 0.391 e. The Kier molecular flexibility index (Phi) is 4.02. The highest BCUT2D eigenvalue weighted by Crippen LogP contribution is 2.19. The van der Waals surface area contributed by atoms with Gasteiger partial charge < -0.3 is 9.84 Å². The van der Waals surface area contributed by atoms with Crippen LogP contribution in [0.25, 0.3) is 0 Å². The Balaban J connectivity index is 3.51. The number of rotatable bonds is 4. The van der Waals surface area contributed by atoms with Crippen LogP contribution in [-0.2, 0) is 9.53 Å². The second-order valence-electron chi connectivity index (χ2n) is 2.22. The van der Waals surface area contributed by atoms with E-state index in [4.69, 9.17) is 5.11 Å². The summed E-state index contributed by atoms with van der Waals surface area (Å²) in [6.45, 7) is 0.565. The summed E-state index contributed by atoms with van der Waals surface area (Å²) in [7, 11) is 0. The van der Waals surface area contributed by atoms with Crippen LogP contribution in [0.1, 0.15) is 13.3 Å². The van der Waals surface area contributed by atoms with Crippen molar-refractivity contribution in [2.24, 2.45) is 0 Å². The number of carboxylic acids is 1. The summed E-state index contributed by atoms with van der Waals surface area (Å²) in [5.74, 6) is -1.27. The molecule has 0 heterocycles. The van der Waals surface area contributed by atoms with Gasteiger partial charge in [0.05, 0.1) is 13.0 Å². The molecule has 0 amide bonds. The maximum absolute atomic E-state index is 11.5. The number of halogens is 3. The Hall–Kier alpha value is -0.780. The first kappa shape index (κ1) is 11.2. The largest absolute Gasteiger partial charge is 0.479 e. The zero-order valence-electron chi connectivity index (χ0n) is 6.39. The number of carbonyl (C=O) groups is 1. The van der Waals surface area contributed by atoms with Gasteiger partial charge in [-0.3, -0.25) is 0 Å². The van der Waals surface area contributed by atoms with Crippen LogP contribution >= 0.6 is 0 Å². The van der Waals surface area contributed by atoms with Crippen molar-refractivity contribution in [3.8, 4) is 0 Å². The third-order valence-electron chi connectivity index (χ3n) is 1.10. The Bertz CT molecular complexity index is 155. The van der Waals surface area contributed by atoms with E-state index in [1.165, 1.54) is 6.92 Å². The van der Waals surface area contributed by atoms with Gasteiger partial charge in [0.15, 0.2) is 6.10 Å². The van der Waals surface area contributed by atoms with Gasteiger partial charge in [0.1, 0.15) is 0 Å². The van der Waals surface area contributed by atoms with E-state index in [1.54, 1.807) is 0 Å². The minimum absolute atomic E-state index is 0.614. The molecule has 0 aromatic heterocycles. The lowest BCUT2D eigenvalue weighted by molar-refractivity contribution is -0.162. The second-order valence-corrected chi connectivity index (χ2v) is 2.22. The average Bonchev–Trinajstić information content (AvgIpc) is 1.84. The lowest BCUT2D eigenvalue weighted by Crippen LogP contribution is -2.22. The molecule has 0 aliphatic carbocycles. The van der Waals surface area contributed by atoms with Gasteiger partial charge in [-0.15, -0.1) is 0 Å². The molecule has 0 unspecified atom stereocenters. The van der Waals surface area contributed by atoms with Gasteiger partial charge in [-0.2, -0.15) is 13.2 Å². The topological polar surface area (TPSA) is 46.5 Å². The number of ether oxygens (including phenoxy) is 1. The standard InChI is InChI=1S/C6H9F3O3/c1-4(5(10)11)12-3-2-6(7,8)9/h4H,2-3H2,1H3,(H,10,11)/t4-/m0/s1. The molecule has 0 spiro atoms. The summed E-state index contributed by atoms with van der Waals surface area (Å²) < 4.78 is 38.8. The monoisotopic (exact) mass is 186 g/mol. The minimum Gasteiger partial charge on any atom is -0.479 e. The van der Waals surface area contributed by atoms with Crippen LogP contribution in [0.15, 0.2) is 0 Å². The van der Waals surface area contributed by atoms with Gasteiger partial charge in [-0.1, -0.05) is 0 Å². The van der Waals surface area contributed by atoms with Crippen LogP contribution in [0, 0.1) is 0 Å². The third kappa shape index (κ3) is 5.96. The van der Waals surface area contributed by atoms with Crippen molar-refractivity contribution in [1.82, 2.24) is 0 Å². The molecule has 6 heteroatoms. The molecular formula is C6H9F3O3. The first-order valence-electron chi connectivity index (χ1n) is 3.24. The van der Waals surface area contributed by atoms with Gasteiger partial charge in [-0.25, -0.2) is 4.79 Å². The van der Waals surface area contributed by atoms with Crippen LogP contribution in [0.4, 0.5) is 13.2 Å². The van der Waals surface area contributed by atoms with E-state index in [0.717, 1.165) is 0 Å². The van der Waals surface area contributed by atoms with Gasteiger partial charge in [0.2, 0.25) is 0 Å². The van der Waals surface area contributed by atoms with Crippen molar-refractivity contribution >= 4 is 5.97 Å². The Morgan fingerprint density at radius 3 is 2.42 bits per heavy atom. The van der Waals surface area contributed by atoms with E-state index < -0.39 is 31.3 Å². The summed E-state index contributed by atoms with van der Waals surface area (Å²) >= 11 is 0. The number of alkyl halides is 3. The molecule has 0 aromatic rings. The second kappa shape index (κ2) is 4.30. The normalized spacial score (nSPS) is 14.3. The molecule has 0 fully saturated rings. The zero-order valence-corrected chi connectivity index (χ0v) is 6.39. The Morgan fingerprint density at radius 1 is 1.58 bits per heavy atom. The minimum atomic E-state index is -4.29. The number of aliphatic carboxylic acids is 1. The average molecular weight is 186 g/mol. The molecule has 0 radical (unpaired) electrons. The molecule has 3 nitrogen and oxygen atoms in total. The summed E-state index contributed by atoms with van der Waals surface area (Å²) in [5.41, 5.74) is 0. The number of carboxylic acid groups (broad SMARTS) is 1.